The molecule has 1 aromatic rings. The summed E-state index contributed by atoms with van der Waals surface area (Å²) in [5, 5.41) is 0. The van der Waals surface area contributed by atoms with Crippen LogP contribution >= 0.6 is 0 Å². The molecular formula is C23H32FN3O4S. The number of ether oxygens (including phenoxy) is 1. The fourth-order valence-corrected chi connectivity index (χ4v) is 7.58. The van der Waals surface area contributed by atoms with E-state index in [9.17, 15) is 17.6 Å². The van der Waals surface area contributed by atoms with Gasteiger partial charge in [-0.2, -0.15) is 0 Å². The number of benzene rings is 1. The van der Waals surface area contributed by atoms with E-state index in [1.54, 1.807) is 6.07 Å². The molecule has 4 aliphatic heterocycles. The zero-order chi connectivity index (χ0) is 22.7. The summed E-state index contributed by atoms with van der Waals surface area (Å²) in [5.41, 5.74) is 1.13. The first-order valence-corrected chi connectivity index (χ1v) is 13.5. The van der Waals surface area contributed by atoms with Crippen molar-refractivity contribution in [3.63, 3.8) is 0 Å². The number of sulfonamides is 1. The predicted octanol–water partition coefficient (Wildman–Crippen LogP) is 3.09. The Kier molecular flexibility index (Phi) is 5.40. The third-order valence-corrected chi connectivity index (χ3v) is 9.23. The van der Waals surface area contributed by atoms with E-state index in [0.717, 1.165) is 57.2 Å². The molecule has 0 N–H and O–H groups in total. The minimum Gasteiger partial charge on any atom is -0.450 e. The van der Waals surface area contributed by atoms with Crippen LogP contribution in [-0.2, 0) is 20.2 Å². The smallest absolute Gasteiger partial charge is 0.410 e. The molecule has 2 bridgehead atoms. The van der Waals surface area contributed by atoms with E-state index in [-0.39, 0.29) is 29.4 Å². The minimum atomic E-state index is -3.42. The Balaban J connectivity index is 1.30. The molecule has 0 radical (unpaired) electrons. The maximum atomic E-state index is 14.1. The van der Waals surface area contributed by atoms with Gasteiger partial charge in [0, 0.05) is 30.1 Å². The highest BCUT2D eigenvalue weighted by Crippen LogP contribution is 2.49. The fourth-order valence-electron chi connectivity index (χ4n) is 6.58. The highest BCUT2D eigenvalue weighted by Gasteiger charge is 2.50. The summed E-state index contributed by atoms with van der Waals surface area (Å²) in [6.07, 6.45) is 6.65. The molecule has 3 fully saturated rings. The van der Waals surface area contributed by atoms with E-state index in [4.69, 9.17) is 4.74 Å². The summed E-state index contributed by atoms with van der Waals surface area (Å²) >= 11 is 0. The Morgan fingerprint density at radius 3 is 2.41 bits per heavy atom. The van der Waals surface area contributed by atoms with E-state index in [2.05, 4.69) is 4.90 Å². The number of carbonyl (C=O) groups is 1. The summed E-state index contributed by atoms with van der Waals surface area (Å²) in [7, 11) is -3.42. The summed E-state index contributed by atoms with van der Waals surface area (Å²) < 4.78 is 45.7. The van der Waals surface area contributed by atoms with Gasteiger partial charge in [-0.05, 0) is 82.3 Å². The van der Waals surface area contributed by atoms with E-state index in [1.165, 1.54) is 22.7 Å². The van der Waals surface area contributed by atoms with Gasteiger partial charge in [0.2, 0.25) is 10.0 Å². The SMILES string of the molecule is CCOC(=O)N1C2CCC1CC(N1CCC3(CC1)CN(S(C)(=O)=O)c1ccc(F)cc13)C2. The van der Waals surface area contributed by atoms with Gasteiger partial charge in [-0.15, -0.1) is 0 Å². The number of nitrogens with zero attached hydrogens (tertiary/aromatic N) is 3. The molecule has 1 amide bonds. The number of hydrogen-bond donors (Lipinski definition) is 0. The van der Waals surface area contributed by atoms with Gasteiger partial charge in [-0.3, -0.25) is 4.31 Å². The molecule has 3 saturated heterocycles. The first-order valence-electron chi connectivity index (χ1n) is 11.7. The zero-order valence-electron chi connectivity index (χ0n) is 18.8. The summed E-state index contributed by atoms with van der Waals surface area (Å²) in [4.78, 5) is 16.9. The van der Waals surface area contributed by atoms with Crippen LogP contribution in [0.25, 0.3) is 0 Å². The molecule has 0 aliphatic carbocycles. The van der Waals surface area contributed by atoms with Crippen LogP contribution in [0.4, 0.5) is 14.9 Å². The molecule has 0 saturated carbocycles. The van der Waals surface area contributed by atoms with Crippen LogP contribution in [0.2, 0.25) is 0 Å². The second-order valence-electron chi connectivity index (χ2n) is 9.86. The lowest BCUT2D eigenvalue weighted by molar-refractivity contribution is 0.0283. The number of rotatable bonds is 3. The third kappa shape index (κ3) is 3.57. The van der Waals surface area contributed by atoms with Crippen molar-refractivity contribution in [1.29, 1.82) is 0 Å². The average molecular weight is 466 g/mol. The number of amides is 1. The molecule has 2 unspecified atom stereocenters. The monoisotopic (exact) mass is 465 g/mol. The van der Waals surface area contributed by atoms with Gasteiger partial charge >= 0.3 is 6.09 Å². The Morgan fingerprint density at radius 1 is 1.16 bits per heavy atom. The third-order valence-electron chi connectivity index (χ3n) is 8.10. The van der Waals surface area contributed by atoms with Gasteiger partial charge in [-0.1, -0.05) is 0 Å². The molecule has 32 heavy (non-hydrogen) atoms. The van der Waals surface area contributed by atoms with Gasteiger partial charge < -0.3 is 14.5 Å². The highest BCUT2D eigenvalue weighted by atomic mass is 32.2. The number of fused-ring (bicyclic) bond motifs is 4. The molecule has 4 heterocycles. The number of halogens is 1. The van der Waals surface area contributed by atoms with E-state index < -0.39 is 10.0 Å². The van der Waals surface area contributed by atoms with Gasteiger partial charge in [0.05, 0.1) is 18.6 Å². The molecule has 1 spiro atoms. The quantitative estimate of drug-likeness (QED) is 0.686. The molecular weight excluding hydrogens is 433 g/mol. The minimum absolute atomic E-state index is 0.179. The number of piperidine rings is 2. The average Bonchev–Trinajstić information content (AvgIpc) is 3.20. The van der Waals surface area contributed by atoms with Crippen molar-refractivity contribution < 1.29 is 22.3 Å². The van der Waals surface area contributed by atoms with Gasteiger partial charge in [0.1, 0.15) is 5.82 Å². The lowest BCUT2D eigenvalue weighted by atomic mass is 9.73. The second-order valence-corrected chi connectivity index (χ2v) is 11.8. The van der Waals surface area contributed by atoms with E-state index in [0.29, 0.717) is 24.9 Å². The summed E-state index contributed by atoms with van der Waals surface area (Å²) in [6, 6.07) is 5.41. The Hall–Kier alpha value is -1.87. The van der Waals surface area contributed by atoms with Gasteiger partial charge in [-0.25, -0.2) is 17.6 Å². The summed E-state index contributed by atoms with van der Waals surface area (Å²) in [6.45, 7) is 4.35. The van der Waals surface area contributed by atoms with E-state index >= 15 is 0 Å². The number of hydrogen-bond acceptors (Lipinski definition) is 5. The van der Waals surface area contributed by atoms with Crippen LogP contribution in [0.3, 0.4) is 0 Å². The standard InChI is InChI=1S/C23H32FN3O4S/c1-3-31-22(28)27-17-5-6-18(27)14-19(13-17)25-10-8-23(9-11-25)15-26(32(2,29)30)21-7-4-16(24)12-20(21)23/h4,7,12,17-19H,3,5-6,8-11,13-15H2,1-2H3. The van der Waals surface area contributed by atoms with Crippen LogP contribution in [-0.4, -0.2) is 74.9 Å². The number of anilines is 1. The number of carbonyl (C=O) groups excluding carboxylic acids is 1. The normalized spacial score (nSPS) is 29.4. The fraction of sp³-hybridized carbons (Fsp3) is 0.696. The van der Waals surface area contributed by atoms with Crippen LogP contribution in [0, 0.1) is 5.82 Å². The van der Waals surface area contributed by atoms with Crippen molar-refractivity contribution in [3.05, 3.63) is 29.6 Å². The lowest BCUT2D eigenvalue weighted by Gasteiger charge is -2.47. The van der Waals surface area contributed by atoms with Crippen molar-refractivity contribution in [2.24, 2.45) is 0 Å². The van der Waals surface area contributed by atoms with Crippen LogP contribution in [0.5, 0.6) is 0 Å². The van der Waals surface area contributed by atoms with Crippen LogP contribution in [0.15, 0.2) is 18.2 Å². The molecule has 176 valence electrons. The lowest BCUT2D eigenvalue weighted by Crippen LogP contribution is -2.55. The Bertz CT molecular complexity index is 994. The van der Waals surface area contributed by atoms with Crippen LogP contribution in [0.1, 0.15) is 51.0 Å². The Labute approximate surface area is 189 Å². The van der Waals surface area contributed by atoms with Crippen molar-refractivity contribution in [2.75, 3.05) is 36.8 Å². The van der Waals surface area contributed by atoms with Crippen molar-refractivity contribution in [2.45, 2.75) is 69.0 Å². The first kappa shape index (κ1) is 21.9. The van der Waals surface area contributed by atoms with E-state index in [1.807, 2.05) is 11.8 Å². The Morgan fingerprint density at radius 2 is 1.81 bits per heavy atom. The van der Waals surface area contributed by atoms with Crippen LogP contribution < -0.4 is 4.31 Å². The molecule has 4 aliphatic rings. The van der Waals surface area contributed by atoms with Gasteiger partial charge in [0.15, 0.2) is 0 Å². The highest BCUT2D eigenvalue weighted by molar-refractivity contribution is 7.92. The molecule has 0 aromatic heterocycles. The number of likely N-dealkylation sites (tertiary alicyclic amines) is 1. The maximum Gasteiger partial charge on any atom is 0.410 e. The van der Waals surface area contributed by atoms with Crippen molar-refractivity contribution >= 4 is 21.8 Å². The molecule has 1 aromatic carbocycles. The van der Waals surface area contributed by atoms with Crippen molar-refractivity contribution in [1.82, 2.24) is 9.80 Å². The molecule has 7 nitrogen and oxygen atoms in total. The zero-order valence-corrected chi connectivity index (χ0v) is 19.6. The maximum absolute atomic E-state index is 14.1. The van der Waals surface area contributed by atoms with Gasteiger partial charge in [0.25, 0.3) is 0 Å². The summed E-state index contributed by atoms with van der Waals surface area (Å²) in [5.74, 6) is -0.316. The van der Waals surface area contributed by atoms with Crippen molar-refractivity contribution in [3.8, 4) is 0 Å². The molecule has 5 rings (SSSR count). The topological polar surface area (TPSA) is 70.2 Å². The predicted molar refractivity (Wildman–Crippen MR) is 120 cm³/mol. The molecule has 2 atom stereocenters. The second kappa shape index (κ2) is 7.87. The largest absolute Gasteiger partial charge is 0.450 e. The first-order chi connectivity index (χ1) is 15.2. The molecule has 9 heteroatoms.